The van der Waals surface area contributed by atoms with E-state index in [2.05, 4.69) is 19.8 Å². The maximum absolute atomic E-state index is 9.29. The Morgan fingerprint density at radius 2 is 1.95 bits per heavy atom. The second-order valence-electron chi connectivity index (χ2n) is 5.92. The van der Waals surface area contributed by atoms with Crippen molar-refractivity contribution in [1.82, 2.24) is 14.9 Å². The summed E-state index contributed by atoms with van der Waals surface area (Å²) in [6, 6.07) is 0. The van der Waals surface area contributed by atoms with Crippen molar-refractivity contribution in [3.63, 3.8) is 0 Å². The van der Waals surface area contributed by atoms with Gasteiger partial charge >= 0.3 is 0 Å². The molecule has 2 saturated heterocycles. The molecule has 0 amide bonds. The molecule has 116 valence electrons. The highest BCUT2D eigenvalue weighted by molar-refractivity contribution is 5.30. The first kappa shape index (κ1) is 14.7. The molecule has 3 heterocycles. The van der Waals surface area contributed by atoms with Crippen molar-refractivity contribution in [2.75, 3.05) is 50.9 Å². The van der Waals surface area contributed by atoms with Crippen LogP contribution in [0.2, 0.25) is 0 Å². The van der Waals surface area contributed by atoms with E-state index in [1.807, 2.05) is 12.4 Å². The maximum atomic E-state index is 9.29. The molecule has 6 nitrogen and oxygen atoms in total. The molecule has 2 aliphatic rings. The number of likely N-dealkylation sites (tertiary alicyclic amines) is 1. The Morgan fingerprint density at radius 1 is 1.19 bits per heavy atom. The molecule has 2 aliphatic heterocycles. The molecule has 3 rings (SSSR count). The molecule has 0 aromatic carbocycles. The Labute approximate surface area is 125 Å². The summed E-state index contributed by atoms with van der Waals surface area (Å²) in [5.41, 5.74) is 1.14. The van der Waals surface area contributed by atoms with Crippen LogP contribution < -0.4 is 4.90 Å². The minimum absolute atomic E-state index is 0.295. The van der Waals surface area contributed by atoms with Crippen molar-refractivity contribution in [2.45, 2.75) is 19.4 Å². The third-order valence-corrected chi connectivity index (χ3v) is 4.25. The van der Waals surface area contributed by atoms with Crippen LogP contribution in [0.1, 0.15) is 18.4 Å². The minimum atomic E-state index is 0.295. The summed E-state index contributed by atoms with van der Waals surface area (Å²) < 4.78 is 5.34. The Kier molecular flexibility index (Phi) is 5.00. The number of hydrogen-bond acceptors (Lipinski definition) is 6. The van der Waals surface area contributed by atoms with Crippen LogP contribution in [-0.2, 0) is 11.3 Å². The van der Waals surface area contributed by atoms with Gasteiger partial charge in [-0.05, 0) is 25.3 Å². The van der Waals surface area contributed by atoms with E-state index in [0.717, 1.165) is 70.3 Å². The van der Waals surface area contributed by atoms with Gasteiger partial charge in [-0.15, -0.1) is 0 Å². The number of anilines is 1. The minimum Gasteiger partial charge on any atom is -0.396 e. The Balaban J connectivity index is 1.56. The summed E-state index contributed by atoms with van der Waals surface area (Å²) in [5.74, 6) is 1.22. The summed E-state index contributed by atoms with van der Waals surface area (Å²) in [7, 11) is 0. The molecule has 1 aromatic heterocycles. The quantitative estimate of drug-likeness (QED) is 0.873. The molecule has 21 heavy (non-hydrogen) atoms. The number of aliphatic hydroxyl groups excluding tert-OH is 1. The number of rotatable bonds is 4. The van der Waals surface area contributed by atoms with Crippen LogP contribution >= 0.6 is 0 Å². The molecule has 0 spiro atoms. The van der Waals surface area contributed by atoms with Crippen molar-refractivity contribution < 1.29 is 9.84 Å². The van der Waals surface area contributed by atoms with E-state index in [1.165, 1.54) is 0 Å². The lowest BCUT2D eigenvalue weighted by Crippen LogP contribution is -2.37. The molecule has 0 aliphatic carbocycles. The van der Waals surface area contributed by atoms with Gasteiger partial charge < -0.3 is 14.7 Å². The van der Waals surface area contributed by atoms with Crippen molar-refractivity contribution in [3.05, 3.63) is 18.0 Å². The second-order valence-corrected chi connectivity index (χ2v) is 5.92. The van der Waals surface area contributed by atoms with Crippen LogP contribution in [-0.4, -0.2) is 66.0 Å². The first-order valence-electron chi connectivity index (χ1n) is 7.82. The third-order valence-electron chi connectivity index (χ3n) is 4.25. The van der Waals surface area contributed by atoms with Crippen molar-refractivity contribution >= 4 is 5.95 Å². The van der Waals surface area contributed by atoms with E-state index in [-0.39, 0.29) is 0 Å². The zero-order chi connectivity index (χ0) is 14.5. The zero-order valence-electron chi connectivity index (χ0n) is 12.4. The molecule has 1 atom stereocenters. The highest BCUT2D eigenvalue weighted by Gasteiger charge is 2.19. The molecule has 1 unspecified atom stereocenters. The SMILES string of the molecule is OCC1CCCN(Cc2cnc(N3CCOCC3)nc2)C1. The molecular formula is C15H24N4O2. The van der Waals surface area contributed by atoms with Crippen molar-refractivity contribution in [1.29, 1.82) is 0 Å². The van der Waals surface area contributed by atoms with Crippen LogP contribution in [0.4, 0.5) is 5.95 Å². The van der Waals surface area contributed by atoms with Crippen molar-refractivity contribution in [3.8, 4) is 0 Å². The van der Waals surface area contributed by atoms with Crippen LogP contribution in [0.5, 0.6) is 0 Å². The molecule has 1 aromatic rings. The number of aliphatic hydroxyl groups is 1. The van der Waals surface area contributed by atoms with Crippen LogP contribution in [0.15, 0.2) is 12.4 Å². The van der Waals surface area contributed by atoms with Gasteiger partial charge in [0.25, 0.3) is 0 Å². The first-order chi connectivity index (χ1) is 10.3. The van der Waals surface area contributed by atoms with Gasteiger partial charge in [0.1, 0.15) is 0 Å². The van der Waals surface area contributed by atoms with E-state index in [0.29, 0.717) is 12.5 Å². The lowest BCUT2D eigenvalue weighted by Gasteiger charge is -2.31. The molecule has 1 N–H and O–H groups in total. The smallest absolute Gasteiger partial charge is 0.225 e. The van der Waals surface area contributed by atoms with Gasteiger partial charge in [0.2, 0.25) is 5.95 Å². The molecule has 0 bridgehead atoms. The fourth-order valence-corrected chi connectivity index (χ4v) is 3.06. The highest BCUT2D eigenvalue weighted by atomic mass is 16.5. The lowest BCUT2D eigenvalue weighted by atomic mass is 9.99. The maximum Gasteiger partial charge on any atom is 0.225 e. The normalized spacial score (nSPS) is 24.2. The van der Waals surface area contributed by atoms with Gasteiger partial charge in [0.05, 0.1) is 13.2 Å². The Morgan fingerprint density at radius 3 is 2.67 bits per heavy atom. The van der Waals surface area contributed by atoms with E-state index >= 15 is 0 Å². The standard InChI is InChI=1S/C15H24N4O2/c20-12-13-2-1-3-18(10-13)11-14-8-16-15(17-9-14)19-4-6-21-7-5-19/h8-9,13,20H,1-7,10-12H2. The van der Waals surface area contributed by atoms with Gasteiger partial charge in [-0.2, -0.15) is 0 Å². The number of nitrogens with zero attached hydrogens (tertiary/aromatic N) is 4. The van der Waals surface area contributed by atoms with Crippen LogP contribution in [0.3, 0.4) is 0 Å². The molecule has 0 saturated carbocycles. The summed E-state index contributed by atoms with van der Waals surface area (Å²) in [6.07, 6.45) is 6.16. The van der Waals surface area contributed by atoms with E-state index in [4.69, 9.17) is 4.74 Å². The largest absolute Gasteiger partial charge is 0.396 e. The van der Waals surface area contributed by atoms with E-state index < -0.39 is 0 Å². The third kappa shape index (κ3) is 3.90. The summed E-state index contributed by atoms with van der Waals surface area (Å²) in [4.78, 5) is 13.5. The number of ether oxygens (including phenoxy) is 1. The van der Waals surface area contributed by atoms with E-state index in [1.54, 1.807) is 0 Å². The molecule has 2 fully saturated rings. The van der Waals surface area contributed by atoms with Gasteiger partial charge in [-0.25, -0.2) is 9.97 Å². The Hall–Kier alpha value is -1.24. The van der Waals surface area contributed by atoms with Crippen LogP contribution in [0, 0.1) is 5.92 Å². The fourth-order valence-electron chi connectivity index (χ4n) is 3.06. The predicted octanol–water partition coefficient (Wildman–Crippen LogP) is 0.517. The number of hydrogen-bond donors (Lipinski definition) is 1. The predicted molar refractivity (Wildman–Crippen MR) is 80.2 cm³/mol. The highest BCUT2D eigenvalue weighted by Crippen LogP contribution is 2.18. The number of aromatic nitrogens is 2. The van der Waals surface area contributed by atoms with E-state index in [9.17, 15) is 5.11 Å². The molecular weight excluding hydrogens is 268 g/mol. The molecule has 0 radical (unpaired) electrons. The average molecular weight is 292 g/mol. The summed E-state index contributed by atoms with van der Waals surface area (Å²) in [5, 5.41) is 9.29. The topological polar surface area (TPSA) is 61.7 Å². The fraction of sp³-hybridized carbons (Fsp3) is 0.733. The summed E-state index contributed by atoms with van der Waals surface area (Å²) in [6.45, 7) is 6.47. The molecule has 6 heteroatoms. The van der Waals surface area contributed by atoms with Crippen LogP contribution in [0.25, 0.3) is 0 Å². The monoisotopic (exact) mass is 292 g/mol. The number of morpholine rings is 1. The van der Waals surface area contributed by atoms with Gasteiger partial charge in [-0.3, -0.25) is 4.90 Å². The lowest BCUT2D eigenvalue weighted by molar-refractivity contribution is 0.115. The second kappa shape index (κ2) is 7.15. The van der Waals surface area contributed by atoms with Gasteiger partial charge in [0, 0.05) is 50.7 Å². The van der Waals surface area contributed by atoms with Gasteiger partial charge in [0.15, 0.2) is 0 Å². The summed E-state index contributed by atoms with van der Waals surface area (Å²) >= 11 is 0. The van der Waals surface area contributed by atoms with Crippen molar-refractivity contribution in [2.24, 2.45) is 5.92 Å². The first-order valence-corrected chi connectivity index (χ1v) is 7.82. The van der Waals surface area contributed by atoms with Gasteiger partial charge in [-0.1, -0.05) is 0 Å². The zero-order valence-corrected chi connectivity index (χ0v) is 12.4. The number of piperidine rings is 1. The Bertz CT molecular complexity index is 434. The average Bonchev–Trinajstić information content (AvgIpc) is 2.56.